The Balaban J connectivity index is 2.55. The maximum absolute atomic E-state index is 11.4. The summed E-state index contributed by atoms with van der Waals surface area (Å²) in [7, 11) is 0. The van der Waals surface area contributed by atoms with Gasteiger partial charge in [0, 0.05) is 12.1 Å². The van der Waals surface area contributed by atoms with E-state index in [4.69, 9.17) is 0 Å². The monoisotopic (exact) mass is 178 g/mol. The van der Waals surface area contributed by atoms with Gasteiger partial charge in [0.25, 0.3) is 0 Å². The molecule has 1 amide bonds. The van der Waals surface area contributed by atoms with Crippen LogP contribution >= 0.6 is 0 Å². The van der Waals surface area contributed by atoms with E-state index in [1.165, 1.54) is 0 Å². The van der Waals surface area contributed by atoms with Gasteiger partial charge < -0.3 is 5.32 Å². The molecule has 0 fully saturated rings. The van der Waals surface area contributed by atoms with E-state index >= 15 is 0 Å². The van der Waals surface area contributed by atoms with Crippen molar-refractivity contribution in [2.75, 3.05) is 5.32 Å². The van der Waals surface area contributed by atoms with Gasteiger partial charge in [-0.1, -0.05) is 19.9 Å². The molecular formula is C10H14N2O. The van der Waals surface area contributed by atoms with Crippen LogP contribution in [-0.2, 0) is 4.79 Å². The summed E-state index contributed by atoms with van der Waals surface area (Å²) in [5.41, 5.74) is 0. The highest BCUT2D eigenvalue weighted by molar-refractivity contribution is 5.91. The fraction of sp³-hybridized carbons (Fsp3) is 0.400. The first kappa shape index (κ1) is 9.71. The maximum atomic E-state index is 11.4. The highest BCUT2D eigenvalue weighted by Gasteiger charge is 2.10. The fourth-order valence-corrected chi connectivity index (χ4v) is 0.872. The Labute approximate surface area is 78.2 Å². The minimum Gasteiger partial charge on any atom is -0.310 e. The van der Waals surface area contributed by atoms with Crippen molar-refractivity contribution < 1.29 is 4.79 Å². The normalized spacial score (nSPS) is 12.2. The molecule has 3 nitrogen and oxygen atoms in total. The summed E-state index contributed by atoms with van der Waals surface area (Å²) in [6, 6.07) is 5.44. The van der Waals surface area contributed by atoms with Crippen LogP contribution in [0.1, 0.15) is 20.3 Å². The molecule has 0 radical (unpaired) electrons. The van der Waals surface area contributed by atoms with Gasteiger partial charge in [-0.05, 0) is 18.6 Å². The summed E-state index contributed by atoms with van der Waals surface area (Å²) in [6.45, 7) is 3.89. The van der Waals surface area contributed by atoms with E-state index in [-0.39, 0.29) is 11.8 Å². The second-order valence-electron chi connectivity index (χ2n) is 3.01. The van der Waals surface area contributed by atoms with Gasteiger partial charge in [0.2, 0.25) is 5.91 Å². The van der Waals surface area contributed by atoms with Gasteiger partial charge in [-0.15, -0.1) is 0 Å². The van der Waals surface area contributed by atoms with E-state index in [0.29, 0.717) is 5.82 Å². The fourth-order valence-electron chi connectivity index (χ4n) is 0.872. The number of hydrogen-bond donors (Lipinski definition) is 1. The third-order valence-electron chi connectivity index (χ3n) is 1.98. The van der Waals surface area contributed by atoms with Crippen LogP contribution < -0.4 is 5.32 Å². The SMILES string of the molecule is CCC(C)C(=O)Nc1ccccn1. The number of rotatable bonds is 3. The minimum absolute atomic E-state index is 0.0289. The number of nitrogens with zero attached hydrogens (tertiary/aromatic N) is 1. The number of pyridine rings is 1. The van der Waals surface area contributed by atoms with E-state index in [1.54, 1.807) is 12.3 Å². The molecule has 1 heterocycles. The molecule has 1 atom stereocenters. The molecule has 0 saturated heterocycles. The smallest absolute Gasteiger partial charge is 0.228 e. The van der Waals surface area contributed by atoms with Crippen molar-refractivity contribution in [3.63, 3.8) is 0 Å². The molecule has 1 N–H and O–H groups in total. The molecule has 0 spiro atoms. The van der Waals surface area contributed by atoms with Crippen LogP contribution in [0.2, 0.25) is 0 Å². The second kappa shape index (κ2) is 4.60. The number of carbonyl (C=O) groups is 1. The Bertz CT molecular complexity index is 272. The van der Waals surface area contributed by atoms with Gasteiger partial charge in [0.15, 0.2) is 0 Å². The lowest BCUT2D eigenvalue weighted by molar-refractivity contribution is -0.119. The molecule has 1 unspecified atom stereocenters. The predicted molar refractivity (Wildman–Crippen MR) is 52.3 cm³/mol. The molecule has 0 aromatic carbocycles. The largest absolute Gasteiger partial charge is 0.310 e. The highest BCUT2D eigenvalue weighted by Crippen LogP contribution is 2.06. The highest BCUT2D eigenvalue weighted by atomic mass is 16.1. The second-order valence-corrected chi connectivity index (χ2v) is 3.01. The van der Waals surface area contributed by atoms with Crippen LogP contribution in [0.25, 0.3) is 0 Å². The molecule has 3 heteroatoms. The summed E-state index contributed by atoms with van der Waals surface area (Å²) in [5.74, 6) is 0.691. The average Bonchev–Trinajstić information content (AvgIpc) is 2.18. The van der Waals surface area contributed by atoms with Crippen molar-refractivity contribution in [2.24, 2.45) is 5.92 Å². The number of nitrogens with one attached hydrogen (secondary N) is 1. The minimum atomic E-state index is 0.0289. The van der Waals surface area contributed by atoms with Crippen LogP contribution in [-0.4, -0.2) is 10.9 Å². The Kier molecular flexibility index (Phi) is 3.43. The summed E-state index contributed by atoms with van der Waals surface area (Å²) in [4.78, 5) is 15.4. The van der Waals surface area contributed by atoms with Crippen LogP contribution in [0.15, 0.2) is 24.4 Å². The van der Waals surface area contributed by atoms with Gasteiger partial charge in [0.1, 0.15) is 5.82 Å². The summed E-state index contributed by atoms with van der Waals surface area (Å²) in [6.07, 6.45) is 2.50. The van der Waals surface area contributed by atoms with Crippen LogP contribution in [0.3, 0.4) is 0 Å². The van der Waals surface area contributed by atoms with Crippen molar-refractivity contribution in [3.8, 4) is 0 Å². The topological polar surface area (TPSA) is 42.0 Å². The van der Waals surface area contributed by atoms with Gasteiger partial charge in [0.05, 0.1) is 0 Å². The van der Waals surface area contributed by atoms with Gasteiger partial charge in [-0.25, -0.2) is 4.98 Å². The number of aromatic nitrogens is 1. The van der Waals surface area contributed by atoms with E-state index in [1.807, 2.05) is 26.0 Å². The zero-order chi connectivity index (χ0) is 9.68. The van der Waals surface area contributed by atoms with E-state index in [0.717, 1.165) is 6.42 Å². The third-order valence-corrected chi connectivity index (χ3v) is 1.98. The molecule has 13 heavy (non-hydrogen) atoms. The van der Waals surface area contributed by atoms with Crippen LogP contribution in [0.5, 0.6) is 0 Å². The number of amides is 1. The summed E-state index contributed by atoms with van der Waals surface area (Å²) >= 11 is 0. The lowest BCUT2D eigenvalue weighted by atomic mass is 10.1. The van der Waals surface area contributed by atoms with E-state index in [2.05, 4.69) is 10.3 Å². The Morgan fingerprint density at radius 1 is 1.62 bits per heavy atom. The quantitative estimate of drug-likeness (QED) is 0.769. The first-order valence-corrected chi connectivity index (χ1v) is 4.46. The number of anilines is 1. The standard InChI is InChI=1S/C10H14N2O/c1-3-8(2)10(13)12-9-6-4-5-7-11-9/h4-8H,3H2,1-2H3,(H,11,12,13). The molecule has 0 aliphatic heterocycles. The van der Waals surface area contributed by atoms with Crippen molar-refractivity contribution in [2.45, 2.75) is 20.3 Å². The molecule has 0 aliphatic rings. The van der Waals surface area contributed by atoms with Crippen LogP contribution in [0.4, 0.5) is 5.82 Å². The Morgan fingerprint density at radius 3 is 2.92 bits per heavy atom. The predicted octanol–water partition coefficient (Wildman–Crippen LogP) is 2.07. The lowest BCUT2D eigenvalue weighted by Gasteiger charge is -2.08. The molecule has 0 bridgehead atoms. The van der Waals surface area contributed by atoms with Crippen molar-refractivity contribution in [3.05, 3.63) is 24.4 Å². The molecule has 70 valence electrons. The van der Waals surface area contributed by atoms with Gasteiger partial charge >= 0.3 is 0 Å². The zero-order valence-electron chi connectivity index (χ0n) is 7.95. The van der Waals surface area contributed by atoms with Gasteiger partial charge in [-0.3, -0.25) is 4.79 Å². The maximum Gasteiger partial charge on any atom is 0.228 e. The molecule has 1 rings (SSSR count). The Hall–Kier alpha value is -1.38. The van der Waals surface area contributed by atoms with E-state index < -0.39 is 0 Å². The molecule has 0 saturated carbocycles. The zero-order valence-corrected chi connectivity index (χ0v) is 7.95. The summed E-state index contributed by atoms with van der Waals surface area (Å²) in [5, 5.41) is 2.74. The molecule has 0 aliphatic carbocycles. The van der Waals surface area contributed by atoms with Crippen molar-refractivity contribution >= 4 is 11.7 Å². The molecule has 1 aromatic heterocycles. The molecular weight excluding hydrogens is 164 g/mol. The first-order valence-electron chi connectivity index (χ1n) is 4.46. The first-order chi connectivity index (χ1) is 6.24. The van der Waals surface area contributed by atoms with Crippen LogP contribution in [0, 0.1) is 5.92 Å². The molecule has 1 aromatic rings. The van der Waals surface area contributed by atoms with Gasteiger partial charge in [-0.2, -0.15) is 0 Å². The number of carbonyl (C=O) groups excluding carboxylic acids is 1. The van der Waals surface area contributed by atoms with E-state index in [9.17, 15) is 4.79 Å². The summed E-state index contributed by atoms with van der Waals surface area (Å²) < 4.78 is 0. The Morgan fingerprint density at radius 2 is 2.38 bits per heavy atom. The lowest BCUT2D eigenvalue weighted by Crippen LogP contribution is -2.20. The number of hydrogen-bond acceptors (Lipinski definition) is 2. The van der Waals surface area contributed by atoms with Crippen molar-refractivity contribution in [1.82, 2.24) is 4.98 Å². The third kappa shape index (κ3) is 2.86. The van der Waals surface area contributed by atoms with Crippen molar-refractivity contribution in [1.29, 1.82) is 0 Å². The average molecular weight is 178 g/mol.